The van der Waals surface area contributed by atoms with Crippen LogP contribution < -0.4 is 9.80 Å². The topological polar surface area (TPSA) is 6.48 Å². The number of rotatable bonds is 14. The number of anilines is 6. The van der Waals surface area contributed by atoms with Gasteiger partial charge >= 0.3 is 0 Å². The van der Waals surface area contributed by atoms with E-state index in [9.17, 15) is 0 Å². The Morgan fingerprint density at radius 3 is 0.788 bits per heavy atom. The van der Waals surface area contributed by atoms with Gasteiger partial charge in [0.05, 0.1) is 0 Å². The van der Waals surface area contributed by atoms with Crippen molar-refractivity contribution < 1.29 is 0 Å². The van der Waals surface area contributed by atoms with Crippen LogP contribution in [0.4, 0.5) is 34.1 Å². The summed E-state index contributed by atoms with van der Waals surface area (Å²) in [6.07, 6.45) is 0. The molecule has 4 heteroatoms. The van der Waals surface area contributed by atoms with Crippen LogP contribution >= 0.6 is 22.7 Å². The number of hydrogen-bond donors (Lipinski definition) is 0. The van der Waals surface area contributed by atoms with Crippen LogP contribution in [-0.4, -0.2) is 0 Å². The van der Waals surface area contributed by atoms with Crippen molar-refractivity contribution in [1.29, 1.82) is 0 Å². The highest BCUT2D eigenvalue weighted by Crippen LogP contribution is 2.49. The van der Waals surface area contributed by atoms with Crippen molar-refractivity contribution in [3.8, 4) is 89.0 Å². The third kappa shape index (κ3) is 12.6. The third-order valence-corrected chi connectivity index (χ3v) is 22.4. The molecule has 0 aliphatic carbocycles. The van der Waals surface area contributed by atoms with Crippen molar-refractivity contribution in [2.45, 2.75) is 0 Å². The Morgan fingerprint density at radius 2 is 0.413 bits per heavy atom. The lowest BCUT2D eigenvalue weighted by atomic mass is 9.97. The van der Waals surface area contributed by atoms with E-state index in [0.29, 0.717) is 0 Å². The van der Waals surface area contributed by atoms with Crippen LogP contribution in [-0.2, 0) is 0 Å². The van der Waals surface area contributed by atoms with Gasteiger partial charge in [0, 0.05) is 85.6 Å². The van der Waals surface area contributed by atoms with Crippen molar-refractivity contribution in [3.05, 3.63) is 413 Å². The minimum absolute atomic E-state index is 1.11. The van der Waals surface area contributed by atoms with Gasteiger partial charge in [-0.3, -0.25) is 0 Å². The van der Waals surface area contributed by atoms with Crippen molar-refractivity contribution in [3.63, 3.8) is 0 Å². The predicted octanol–water partition coefficient (Wildman–Crippen LogP) is 29.5. The maximum atomic E-state index is 2.41. The highest BCUT2D eigenvalue weighted by Gasteiger charge is 2.22. The second-order valence-electron chi connectivity index (χ2n) is 26.3. The molecule has 2 nitrogen and oxygen atoms in total. The molecule has 0 aliphatic rings. The second kappa shape index (κ2) is 28.2. The van der Waals surface area contributed by atoms with E-state index in [1.54, 1.807) is 0 Å². The Bertz CT molecular complexity index is 6190. The molecule has 19 rings (SSSR count). The summed E-state index contributed by atoms with van der Waals surface area (Å²) in [5.74, 6) is 0. The zero-order chi connectivity index (χ0) is 69.1. The molecule has 17 aromatic carbocycles. The lowest BCUT2D eigenvalue weighted by Gasteiger charge is -2.27. The molecule has 0 radical (unpaired) electrons. The predicted molar refractivity (Wildman–Crippen MR) is 449 cm³/mol. The minimum atomic E-state index is 1.11. The molecule has 0 aliphatic heterocycles. The van der Waals surface area contributed by atoms with E-state index in [4.69, 9.17) is 0 Å². The second-order valence-corrected chi connectivity index (χ2v) is 28.4. The first kappa shape index (κ1) is 63.2. The smallest absolute Gasteiger partial charge is 0.0475 e. The Balaban J connectivity index is 0.000000149. The first-order chi connectivity index (χ1) is 51.5. The van der Waals surface area contributed by atoms with Gasteiger partial charge in [-0.25, -0.2) is 0 Å². The molecular formula is C100H68N2S2. The van der Waals surface area contributed by atoms with Gasteiger partial charge in [0.2, 0.25) is 0 Å². The van der Waals surface area contributed by atoms with E-state index in [0.717, 1.165) is 34.1 Å². The lowest BCUT2D eigenvalue weighted by molar-refractivity contribution is 1.29. The van der Waals surface area contributed by atoms with Gasteiger partial charge in [0.1, 0.15) is 0 Å². The molecule has 0 atom stereocenters. The number of thiophene rings is 2. The average molecular weight is 1360 g/mol. The highest BCUT2D eigenvalue weighted by atomic mass is 32.1. The van der Waals surface area contributed by atoms with Crippen molar-refractivity contribution in [1.82, 2.24) is 0 Å². The normalized spacial score (nSPS) is 11.3. The summed E-state index contributed by atoms with van der Waals surface area (Å²) in [7, 11) is 0. The highest BCUT2D eigenvalue weighted by molar-refractivity contribution is 7.26. The van der Waals surface area contributed by atoms with E-state index in [1.807, 2.05) is 22.7 Å². The molecule has 0 spiro atoms. The summed E-state index contributed by atoms with van der Waals surface area (Å²) < 4.78 is 5.21. The van der Waals surface area contributed by atoms with Crippen LogP contribution in [0.5, 0.6) is 0 Å². The van der Waals surface area contributed by atoms with Crippen LogP contribution in [0.25, 0.3) is 140 Å². The quantitative estimate of drug-likeness (QED) is 0.107. The lowest BCUT2D eigenvalue weighted by Crippen LogP contribution is -2.10. The van der Waals surface area contributed by atoms with Crippen LogP contribution in [0.3, 0.4) is 0 Å². The monoisotopic (exact) mass is 1360 g/mol. The maximum Gasteiger partial charge on any atom is 0.0475 e. The van der Waals surface area contributed by atoms with Gasteiger partial charge in [0.25, 0.3) is 0 Å². The molecule has 490 valence electrons. The average Bonchev–Trinajstić information content (AvgIpc) is 1.55. The maximum absolute atomic E-state index is 2.41. The summed E-state index contributed by atoms with van der Waals surface area (Å²) in [6.45, 7) is 0. The summed E-state index contributed by atoms with van der Waals surface area (Å²) in [5, 5.41) is 7.64. The Hall–Kier alpha value is -13.0. The van der Waals surface area contributed by atoms with Gasteiger partial charge in [-0.15, -0.1) is 22.7 Å². The molecule has 2 heterocycles. The minimum Gasteiger partial charge on any atom is -0.310 e. The van der Waals surface area contributed by atoms with Crippen molar-refractivity contribution in [2.75, 3.05) is 9.80 Å². The molecule has 104 heavy (non-hydrogen) atoms. The summed E-state index contributed by atoms with van der Waals surface area (Å²) in [4.78, 5) is 4.80. The number of para-hydroxylation sites is 1. The molecule has 0 N–H and O–H groups in total. The van der Waals surface area contributed by atoms with Crippen molar-refractivity contribution in [2.24, 2.45) is 0 Å². The largest absolute Gasteiger partial charge is 0.310 e. The summed E-state index contributed by atoms with van der Waals surface area (Å²) in [6, 6.07) is 149. The van der Waals surface area contributed by atoms with Gasteiger partial charge < -0.3 is 9.80 Å². The van der Waals surface area contributed by atoms with E-state index >= 15 is 0 Å². The fraction of sp³-hybridized carbons (Fsp3) is 0. The van der Waals surface area contributed by atoms with Gasteiger partial charge in [0.15, 0.2) is 0 Å². The van der Waals surface area contributed by atoms with Crippen molar-refractivity contribution >= 4 is 108 Å². The summed E-state index contributed by atoms with van der Waals surface area (Å²) in [5.41, 5.74) is 26.2. The Morgan fingerprint density at radius 1 is 0.154 bits per heavy atom. The van der Waals surface area contributed by atoms with E-state index in [2.05, 4.69) is 422 Å². The van der Waals surface area contributed by atoms with Crippen LogP contribution in [0.15, 0.2) is 413 Å². The zero-order valence-electron chi connectivity index (χ0n) is 57.0. The van der Waals surface area contributed by atoms with Gasteiger partial charge in [-0.2, -0.15) is 0 Å². The molecule has 0 saturated heterocycles. The molecule has 0 fully saturated rings. The number of benzene rings is 17. The zero-order valence-corrected chi connectivity index (χ0v) is 58.6. The fourth-order valence-corrected chi connectivity index (χ4v) is 17.2. The van der Waals surface area contributed by atoms with E-state index < -0.39 is 0 Å². The van der Waals surface area contributed by atoms with E-state index in [1.165, 1.54) is 140 Å². The Kier molecular flexibility index (Phi) is 17.2. The first-order valence-corrected chi connectivity index (χ1v) is 37.1. The molecule has 0 amide bonds. The SMILES string of the molecule is c1ccc(-c2ccc(-c3cc(N(c4ccc(-c5ccccc5)cc4)c4ccc(-c5cccc6ccccc56)cc4)cc4c3sc3ccccc34)cc2)cc1.c1ccc(-c2ccc(-c3ccc(N(c4ccccc4)c4cc(-c5ccc(-c6ccccc6)cc5)c5sc6ccccc6c5c4)cc3)cc2)cc1. The molecule has 0 unspecified atom stereocenters. The summed E-state index contributed by atoms with van der Waals surface area (Å²) >= 11 is 3.75. The molecular weight excluding hydrogens is 1290 g/mol. The van der Waals surface area contributed by atoms with Gasteiger partial charge in [-0.1, -0.05) is 328 Å². The molecule has 2 aromatic heterocycles. The standard InChI is InChI=1S/C52H35NS.C48H33NS/c1-3-12-36(13-4-1)38-22-24-42(25-23-38)49-34-45(35-50-48-19-9-10-21-51(48)54-52(49)50)53(43-30-26-39(27-31-43)37-14-5-2-6-15-37)44-32-28-41(29-33-44)47-20-11-17-40-16-7-8-18-46(40)47;1-4-12-34(13-5-1)36-20-22-38(23-21-36)39-28-30-42(31-29-39)49(41-16-8-3-9-17-41)43-32-45(48-46(33-43)44-18-10-11-19-47(44)50-48)40-26-24-37(25-27-40)35-14-6-2-7-15-35/h1-35H;1-33H. The number of hydrogen-bond acceptors (Lipinski definition) is 4. The van der Waals surface area contributed by atoms with E-state index in [-0.39, 0.29) is 0 Å². The molecule has 0 bridgehead atoms. The number of fused-ring (bicyclic) bond motifs is 7. The van der Waals surface area contributed by atoms with Crippen LogP contribution in [0.2, 0.25) is 0 Å². The molecule has 19 aromatic rings. The third-order valence-electron chi connectivity index (χ3n) is 20.0. The van der Waals surface area contributed by atoms with Crippen LogP contribution in [0, 0.1) is 0 Å². The first-order valence-electron chi connectivity index (χ1n) is 35.4. The number of nitrogens with zero attached hydrogens (tertiary/aromatic N) is 2. The Labute approximate surface area is 614 Å². The fourth-order valence-electron chi connectivity index (χ4n) is 14.7. The van der Waals surface area contributed by atoms with Crippen LogP contribution in [0.1, 0.15) is 0 Å². The van der Waals surface area contributed by atoms with Gasteiger partial charge in [-0.05, 0) is 174 Å². The molecule has 0 saturated carbocycles.